The van der Waals surface area contributed by atoms with Crippen molar-refractivity contribution in [3.63, 3.8) is 0 Å². The van der Waals surface area contributed by atoms with E-state index in [4.69, 9.17) is 9.47 Å². The number of likely N-dealkylation sites (N-methyl/N-ethyl adjacent to an activating group) is 1. The van der Waals surface area contributed by atoms with Crippen molar-refractivity contribution in [2.75, 3.05) is 13.6 Å². The van der Waals surface area contributed by atoms with Crippen LogP contribution in [-0.2, 0) is 14.3 Å². The standard InChI is InChI=1S/C9H17NO3/c1-7(2)13-8-4-9(12-6-11)10(3)5-8/h6-9H,4-5H2,1-3H3. The summed E-state index contributed by atoms with van der Waals surface area (Å²) in [5.41, 5.74) is 0. The van der Waals surface area contributed by atoms with Crippen LogP contribution < -0.4 is 0 Å². The second-order valence-electron chi connectivity index (χ2n) is 3.67. The fraction of sp³-hybridized carbons (Fsp3) is 0.889. The summed E-state index contributed by atoms with van der Waals surface area (Å²) in [7, 11) is 1.93. The van der Waals surface area contributed by atoms with Crippen molar-refractivity contribution in [2.45, 2.75) is 38.7 Å². The van der Waals surface area contributed by atoms with Gasteiger partial charge in [-0.1, -0.05) is 0 Å². The number of rotatable bonds is 4. The minimum atomic E-state index is -0.110. The SMILES string of the molecule is CC(C)OC1CC(OC=O)N(C)C1. The Morgan fingerprint density at radius 1 is 1.54 bits per heavy atom. The molecule has 0 amide bonds. The average molecular weight is 187 g/mol. The lowest BCUT2D eigenvalue weighted by molar-refractivity contribution is -0.139. The highest BCUT2D eigenvalue weighted by atomic mass is 16.5. The van der Waals surface area contributed by atoms with E-state index in [9.17, 15) is 4.79 Å². The molecule has 0 aliphatic carbocycles. The first-order valence-corrected chi connectivity index (χ1v) is 4.58. The molecule has 1 aliphatic rings. The van der Waals surface area contributed by atoms with Crippen LogP contribution in [0.15, 0.2) is 0 Å². The van der Waals surface area contributed by atoms with Gasteiger partial charge in [-0.25, -0.2) is 0 Å². The number of hydrogen-bond donors (Lipinski definition) is 0. The van der Waals surface area contributed by atoms with Gasteiger partial charge in [0, 0.05) is 13.0 Å². The molecule has 4 heteroatoms. The predicted molar refractivity (Wildman–Crippen MR) is 48.2 cm³/mol. The lowest BCUT2D eigenvalue weighted by Gasteiger charge is -2.15. The third kappa shape index (κ3) is 2.97. The Balaban J connectivity index is 2.35. The molecule has 0 aromatic carbocycles. The van der Waals surface area contributed by atoms with Crippen LogP contribution in [0.5, 0.6) is 0 Å². The average Bonchev–Trinajstić information content (AvgIpc) is 2.31. The molecule has 1 heterocycles. The summed E-state index contributed by atoms with van der Waals surface area (Å²) in [6.07, 6.45) is 1.08. The van der Waals surface area contributed by atoms with Gasteiger partial charge in [-0.05, 0) is 20.9 Å². The maximum atomic E-state index is 10.1. The third-order valence-corrected chi connectivity index (χ3v) is 2.13. The molecule has 2 atom stereocenters. The summed E-state index contributed by atoms with van der Waals surface area (Å²) >= 11 is 0. The number of carbonyl (C=O) groups excluding carboxylic acids is 1. The van der Waals surface area contributed by atoms with Gasteiger partial charge >= 0.3 is 0 Å². The quantitative estimate of drug-likeness (QED) is 0.605. The fourth-order valence-corrected chi connectivity index (χ4v) is 1.63. The van der Waals surface area contributed by atoms with Crippen molar-refractivity contribution in [3.8, 4) is 0 Å². The van der Waals surface area contributed by atoms with E-state index in [2.05, 4.69) is 0 Å². The molecule has 4 nitrogen and oxygen atoms in total. The van der Waals surface area contributed by atoms with Gasteiger partial charge in [0.15, 0.2) is 6.23 Å². The number of carbonyl (C=O) groups is 1. The molecule has 0 aromatic rings. The molecule has 0 N–H and O–H groups in total. The van der Waals surface area contributed by atoms with Crippen molar-refractivity contribution in [1.29, 1.82) is 0 Å². The van der Waals surface area contributed by atoms with Gasteiger partial charge in [0.05, 0.1) is 12.2 Å². The summed E-state index contributed by atoms with van der Waals surface area (Å²) in [5.74, 6) is 0. The number of nitrogens with zero attached hydrogens (tertiary/aromatic N) is 1. The van der Waals surface area contributed by atoms with Gasteiger partial charge in [0.1, 0.15) is 0 Å². The molecule has 0 saturated carbocycles. The predicted octanol–water partition coefficient (Wildman–Crippen LogP) is 0.615. The normalized spacial score (nSPS) is 29.5. The van der Waals surface area contributed by atoms with Crippen LogP contribution in [0.4, 0.5) is 0 Å². The third-order valence-electron chi connectivity index (χ3n) is 2.13. The molecule has 1 saturated heterocycles. The van der Waals surface area contributed by atoms with E-state index in [1.54, 1.807) is 0 Å². The monoisotopic (exact) mass is 187 g/mol. The van der Waals surface area contributed by atoms with Gasteiger partial charge < -0.3 is 9.47 Å². The summed E-state index contributed by atoms with van der Waals surface area (Å²) in [6.45, 7) is 5.34. The minimum absolute atomic E-state index is 0.110. The van der Waals surface area contributed by atoms with Crippen molar-refractivity contribution in [1.82, 2.24) is 4.90 Å². The number of ether oxygens (including phenoxy) is 2. The molecule has 1 rings (SSSR count). The van der Waals surface area contributed by atoms with Gasteiger partial charge in [-0.3, -0.25) is 9.69 Å². The van der Waals surface area contributed by atoms with Crippen molar-refractivity contribution < 1.29 is 14.3 Å². The van der Waals surface area contributed by atoms with E-state index in [-0.39, 0.29) is 18.4 Å². The molecule has 1 fully saturated rings. The van der Waals surface area contributed by atoms with Crippen LogP contribution in [-0.4, -0.2) is 43.4 Å². The Morgan fingerprint density at radius 3 is 2.77 bits per heavy atom. The van der Waals surface area contributed by atoms with E-state index < -0.39 is 0 Å². The van der Waals surface area contributed by atoms with Crippen molar-refractivity contribution in [2.24, 2.45) is 0 Å². The topological polar surface area (TPSA) is 38.8 Å². The maximum absolute atomic E-state index is 10.1. The Morgan fingerprint density at radius 2 is 2.23 bits per heavy atom. The first-order chi connectivity index (χ1) is 6.13. The van der Waals surface area contributed by atoms with E-state index in [0.717, 1.165) is 13.0 Å². The smallest absolute Gasteiger partial charge is 0.294 e. The van der Waals surface area contributed by atoms with E-state index >= 15 is 0 Å². The Kier molecular flexibility index (Phi) is 3.69. The zero-order valence-corrected chi connectivity index (χ0v) is 8.40. The van der Waals surface area contributed by atoms with Gasteiger partial charge in [0.25, 0.3) is 6.47 Å². The Hall–Kier alpha value is -0.610. The molecule has 0 spiro atoms. The molecule has 13 heavy (non-hydrogen) atoms. The first-order valence-electron chi connectivity index (χ1n) is 4.58. The van der Waals surface area contributed by atoms with Crippen LogP contribution in [0.3, 0.4) is 0 Å². The van der Waals surface area contributed by atoms with E-state index in [1.165, 1.54) is 0 Å². The van der Waals surface area contributed by atoms with Gasteiger partial charge in [-0.2, -0.15) is 0 Å². The summed E-state index contributed by atoms with van der Waals surface area (Å²) < 4.78 is 10.5. The molecular weight excluding hydrogens is 170 g/mol. The van der Waals surface area contributed by atoms with Crippen LogP contribution >= 0.6 is 0 Å². The molecule has 0 aromatic heterocycles. The summed E-state index contributed by atoms with van der Waals surface area (Å²) in [4.78, 5) is 12.1. The van der Waals surface area contributed by atoms with Crippen LogP contribution in [0.2, 0.25) is 0 Å². The van der Waals surface area contributed by atoms with E-state index in [1.807, 2.05) is 25.8 Å². The lowest BCUT2D eigenvalue weighted by atomic mass is 10.3. The van der Waals surface area contributed by atoms with Crippen molar-refractivity contribution >= 4 is 6.47 Å². The van der Waals surface area contributed by atoms with Gasteiger partial charge in [0.2, 0.25) is 0 Å². The minimum Gasteiger partial charge on any atom is -0.448 e. The molecule has 1 aliphatic heterocycles. The summed E-state index contributed by atoms with van der Waals surface area (Å²) in [6, 6.07) is 0. The molecular formula is C9H17NO3. The molecule has 2 unspecified atom stereocenters. The highest BCUT2D eigenvalue weighted by Crippen LogP contribution is 2.19. The van der Waals surface area contributed by atoms with Crippen LogP contribution in [0, 0.1) is 0 Å². The fourth-order valence-electron chi connectivity index (χ4n) is 1.63. The highest BCUT2D eigenvalue weighted by Gasteiger charge is 2.31. The van der Waals surface area contributed by atoms with Crippen molar-refractivity contribution in [3.05, 3.63) is 0 Å². The van der Waals surface area contributed by atoms with Crippen LogP contribution in [0.1, 0.15) is 20.3 Å². The molecule has 0 radical (unpaired) electrons. The molecule has 0 bridgehead atoms. The highest BCUT2D eigenvalue weighted by molar-refractivity contribution is 5.37. The zero-order chi connectivity index (χ0) is 9.84. The zero-order valence-electron chi connectivity index (χ0n) is 8.40. The van der Waals surface area contributed by atoms with Crippen LogP contribution in [0.25, 0.3) is 0 Å². The maximum Gasteiger partial charge on any atom is 0.294 e. The lowest BCUT2D eigenvalue weighted by Crippen LogP contribution is -2.27. The second-order valence-corrected chi connectivity index (χ2v) is 3.67. The largest absolute Gasteiger partial charge is 0.448 e. The number of hydrogen-bond acceptors (Lipinski definition) is 4. The number of likely N-dealkylation sites (tertiary alicyclic amines) is 1. The second kappa shape index (κ2) is 4.58. The van der Waals surface area contributed by atoms with E-state index in [0.29, 0.717) is 6.47 Å². The Labute approximate surface area is 78.8 Å². The first kappa shape index (κ1) is 10.5. The summed E-state index contributed by atoms with van der Waals surface area (Å²) in [5, 5.41) is 0. The molecule has 76 valence electrons. The Bertz CT molecular complexity index is 172. The van der Waals surface area contributed by atoms with Gasteiger partial charge in [-0.15, -0.1) is 0 Å².